The van der Waals surface area contributed by atoms with Crippen molar-refractivity contribution in [1.82, 2.24) is 15.5 Å². The van der Waals surface area contributed by atoms with Crippen LogP contribution in [0.25, 0.3) is 10.9 Å². The SMILES string of the molecule is NC(=O)CC(NC(=O)c1ccc2cn[nH]c2c1)C(=O)O. The zero-order valence-electron chi connectivity index (χ0n) is 10.3. The van der Waals surface area contributed by atoms with Crippen molar-refractivity contribution in [3.63, 3.8) is 0 Å². The Morgan fingerprint density at radius 1 is 1.40 bits per heavy atom. The van der Waals surface area contributed by atoms with E-state index in [0.717, 1.165) is 5.39 Å². The molecule has 0 saturated heterocycles. The highest BCUT2D eigenvalue weighted by Gasteiger charge is 2.22. The molecule has 104 valence electrons. The van der Waals surface area contributed by atoms with Crippen LogP contribution in [-0.4, -0.2) is 39.1 Å². The van der Waals surface area contributed by atoms with Crippen molar-refractivity contribution in [1.29, 1.82) is 0 Å². The molecule has 0 aliphatic carbocycles. The average Bonchev–Trinajstić information content (AvgIpc) is 2.84. The van der Waals surface area contributed by atoms with Gasteiger partial charge >= 0.3 is 5.97 Å². The Labute approximate surface area is 113 Å². The van der Waals surface area contributed by atoms with Crippen LogP contribution in [0, 0.1) is 0 Å². The van der Waals surface area contributed by atoms with Crippen LogP contribution in [0.2, 0.25) is 0 Å². The molecule has 0 fully saturated rings. The monoisotopic (exact) mass is 276 g/mol. The number of benzene rings is 1. The third kappa shape index (κ3) is 2.91. The number of fused-ring (bicyclic) bond motifs is 1. The van der Waals surface area contributed by atoms with Crippen LogP contribution in [0.4, 0.5) is 0 Å². The van der Waals surface area contributed by atoms with E-state index in [1.807, 2.05) is 0 Å². The molecule has 8 heteroatoms. The molecule has 0 radical (unpaired) electrons. The van der Waals surface area contributed by atoms with E-state index in [1.54, 1.807) is 18.3 Å². The predicted octanol–water partition coefficient (Wildman–Crippen LogP) is -0.379. The number of nitrogens with zero attached hydrogens (tertiary/aromatic N) is 1. The summed E-state index contributed by atoms with van der Waals surface area (Å²) in [5.41, 5.74) is 5.85. The van der Waals surface area contributed by atoms with Gasteiger partial charge in [-0.1, -0.05) is 6.07 Å². The number of carbonyl (C=O) groups excluding carboxylic acids is 2. The summed E-state index contributed by atoms with van der Waals surface area (Å²) < 4.78 is 0. The van der Waals surface area contributed by atoms with E-state index in [-0.39, 0.29) is 5.56 Å². The molecule has 1 aromatic carbocycles. The molecule has 1 atom stereocenters. The minimum atomic E-state index is -1.35. The van der Waals surface area contributed by atoms with Crippen LogP contribution in [0.1, 0.15) is 16.8 Å². The number of hydrogen-bond donors (Lipinski definition) is 4. The summed E-state index contributed by atoms with van der Waals surface area (Å²) in [7, 11) is 0. The Morgan fingerprint density at radius 3 is 2.80 bits per heavy atom. The quantitative estimate of drug-likeness (QED) is 0.589. The Hall–Kier alpha value is -2.90. The number of H-pyrrole nitrogens is 1. The molecule has 1 aromatic heterocycles. The van der Waals surface area contributed by atoms with Gasteiger partial charge in [0.25, 0.3) is 5.91 Å². The fourth-order valence-corrected chi connectivity index (χ4v) is 1.72. The zero-order valence-corrected chi connectivity index (χ0v) is 10.3. The van der Waals surface area contributed by atoms with Crippen molar-refractivity contribution in [3.8, 4) is 0 Å². The largest absolute Gasteiger partial charge is 0.480 e. The highest BCUT2D eigenvalue weighted by atomic mass is 16.4. The molecule has 0 saturated carbocycles. The van der Waals surface area contributed by atoms with E-state index in [1.165, 1.54) is 6.07 Å². The van der Waals surface area contributed by atoms with Gasteiger partial charge in [0.2, 0.25) is 5.91 Å². The van der Waals surface area contributed by atoms with E-state index >= 15 is 0 Å². The van der Waals surface area contributed by atoms with Crippen LogP contribution < -0.4 is 11.1 Å². The number of aromatic nitrogens is 2. The first-order valence-corrected chi connectivity index (χ1v) is 5.72. The van der Waals surface area contributed by atoms with E-state index in [2.05, 4.69) is 15.5 Å². The van der Waals surface area contributed by atoms with Crippen molar-refractivity contribution in [2.24, 2.45) is 5.73 Å². The van der Waals surface area contributed by atoms with Crippen molar-refractivity contribution >= 4 is 28.7 Å². The molecule has 2 rings (SSSR count). The first-order valence-electron chi connectivity index (χ1n) is 5.72. The molecular weight excluding hydrogens is 264 g/mol. The minimum Gasteiger partial charge on any atom is -0.480 e. The zero-order chi connectivity index (χ0) is 14.7. The van der Waals surface area contributed by atoms with Gasteiger partial charge in [-0.25, -0.2) is 4.79 Å². The number of carboxylic acid groups (broad SMARTS) is 1. The maximum absolute atomic E-state index is 11.9. The number of primary amides is 1. The lowest BCUT2D eigenvalue weighted by atomic mass is 10.1. The number of hydrogen-bond acceptors (Lipinski definition) is 4. The molecule has 5 N–H and O–H groups in total. The fourth-order valence-electron chi connectivity index (χ4n) is 1.72. The van der Waals surface area contributed by atoms with Crippen LogP contribution in [0.5, 0.6) is 0 Å². The standard InChI is InChI=1S/C12H12N4O4/c13-10(17)4-9(12(19)20)15-11(18)6-1-2-7-5-14-16-8(7)3-6/h1-3,5,9H,4H2,(H2,13,17)(H,14,16)(H,15,18)(H,19,20). The second-order valence-electron chi connectivity index (χ2n) is 4.21. The second-order valence-corrected chi connectivity index (χ2v) is 4.21. The fraction of sp³-hybridized carbons (Fsp3) is 0.167. The second kappa shape index (κ2) is 5.39. The molecule has 8 nitrogen and oxygen atoms in total. The van der Waals surface area contributed by atoms with Crippen LogP contribution >= 0.6 is 0 Å². The maximum Gasteiger partial charge on any atom is 0.326 e. The summed E-state index contributed by atoms with van der Waals surface area (Å²) in [5, 5.41) is 18.5. The normalized spacial score (nSPS) is 12.0. The van der Waals surface area contributed by atoms with Crippen LogP contribution in [0.3, 0.4) is 0 Å². The van der Waals surface area contributed by atoms with Crippen LogP contribution in [-0.2, 0) is 9.59 Å². The summed E-state index contributed by atoms with van der Waals surface area (Å²) in [6.07, 6.45) is 1.14. The number of carboxylic acids is 1. The van der Waals surface area contributed by atoms with E-state index < -0.39 is 30.2 Å². The van der Waals surface area contributed by atoms with Gasteiger partial charge in [-0.2, -0.15) is 5.10 Å². The summed E-state index contributed by atoms with van der Waals surface area (Å²) in [6, 6.07) is 3.41. The molecule has 0 aliphatic heterocycles. The Kier molecular flexibility index (Phi) is 3.65. The Balaban J connectivity index is 2.17. The predicted molar refractivity (Wildman–Crippen MR) is 68.8 cm³/mol. The van der Waals surface area contributed by atoms with Gasteiger partial charge in [-0.15, -0.1) is 0 Å². The molecule has 1 heterocycles. The molecule has 1 unspecified atom stereocenters. The number of rotatable bonds is 5. The number of aliphatic carboxylic acids is 1. The molecule has 2 aromatic rings. The highest BCUT2D eigenvalue weighted by Crippen LogP contribution is 2.12. The maximum atomic E-state index is 11.9. The Morgan fingerprint density at radius 2 is 2.15 bits per heavy atom. The number of carbonyl (C=O) groups is 3. The molecule has 20 heavy (non-hydrogen) atoms. The molecule has 2 amide bonds. The third-order valence-electron chi connectivity index (χ3n) is 2.71. The Bertz CT molecular complexity index is 679. The lowest BCUT2D eigenvalue weighted by molar-refractivity contribution is -0.140. The lowest BCUT2D eigenvalue weighted by Gasteiger charge is -2.12. The summed E-state index contributed by atoms with van der Waals surface area (Å²) in [4.78, 5) is 33.6. The van der Waals surface area contributed by atoms with Gasteiger partial charge in [-0.05, 0) is 12.1 Å². The van der Waals surface area contributed by atoms with Gasteiger partial charge in [-0.3, -0.25) is 14.7 Å². The number of aromatic amines is 1. The van der Waals surface area contributed by atoms with Crippen molar-refractivity contribution in [2.45, 2.75) is 12.5 Å². The van der Waals surface area contributed by atoms with E-state index in [9.17, 15) is 14.4 Å². The van der Waals surface area contributed by atoms with Gasteiger partial charge in [0.15, 0.2) is 0 Å². The molecular formula is C12H12N4O4. The number of nitrogens with two attached hydrogens (primary N) is 1. The van der Waals surface area contributed by atoms with E-state index in [4.69, 9.17) is 10.8 Å². The molecule has 0 spiro atoms. The average molecular weight is 276 g/mol. The topological polar surface area (TPSA) is 138 Å². The van der Waals surface area contributed by atoms with Crippen LogP contribution in [0.15, 0.2) is 24.4 Å². The first kappa shape index (κ1) is 13.5. The summed E-state index contributed by atoms with van der Waals surface area (Å²) >= 11 is 0. The van der Waals surface area contributed by atoms with Crippen molar-refractivity contribution in [3.05, 3.63) is 30.0 Å². The number of amides is 2. The van der Waals surface area contributed by atoms with Crippen molar-refractivity contribution < 1.29 is 19.5 Å². The third-order valence-corrected chi connectivity index (χ3v) is 2.71. The molecule has 0 aliphatic rings. The molecule has 0 bridgehead atoms. The van der Waals surface area contributed by atoms with Gasteiger partial charge in [0, 0.05) is 10.9 Å². The van der Waals surface area contributed by atoms with Gasteiger partial charge in [0.05, 0.1) is 18.1 Å². The highest BCUT2D eigenvalue weighted by molar-refractivity contribution is 6.00. The smallest absolute Gasteiger partial charge is 0.326 e. The lowest BCUT2D eigenvalue weighted by Crippen LogP contribution is -2.43. The van der Waals surface area contributed by atoms with Gasteiger partial charge in [0.1, 0.15) is 6.04 Å². The van der Waals surface area contributed by atoms with Crippen molar-refractivity contribution in [2.75, 3.05) is 0 Å². The summed E-state index contributed by atoms with van der Waals surface area (Å²) in [5.74, 6) is -2.73. The number of nitrogens with one attached hydrogen (secondary N) is 2. The van der Waals surface area contributed by atoms with Gasteiger partial charge < -0.3 is 16.2 Å². The first-order chi connectivity index (χ1) is 9.47. The summed E-state index contributed by atoms with van der Waals surface area (Å²) in [6.45, 7) is 0. The minimum absolute atomic E-state index is 0.262. The van der Waals surface area contributed by atoms with E-state index in [0.29, 0.717) is 5.52 Å².